The van der Waals surface area contributed by atoms with Crippen molar-refractivity contribution in [1.29, 1.82) is 0 Å². The van der Waals surface area contributed by atoms with Crippen LogP contribution in [-0.2, 0) is 11.3 Å². The maximum atomic E-state index is 11.6. The van der Waals surface area contributed by atoms with Crippen LogP contribution in [0.4, 0.5) is 0 Å². The molecule has 0 fully saturated rings. The van der Waals surface area contributed by atoms with Gasteiger partial charge < -0.3 is 9.73 Å². The van der Waals surface area contributed by atoms with Crippen molar-refractivity contribution >= 4 is 5.91 Å². The number of amides is 1. The van der Waals surface area contributed by atoms with E-state index in [0.717, 1.165) is 16.9 Å². The van der Waals surface area contributed by atoms with E-state index >= 15 is 0 Å². The number of benzene rings is 1. The number of likely N-dealkylation sites (N-methyl/N-ethyl adjacent to an activating group) is 2. The van der Waals surface area contributed by atoms with Crippen molar-refractivity contribution in [3.63, 3.8) is 0 Å². The van der Waals surface area contributed by atoms with Gasteiger partial charge in [-0.05, 0) is 37.7 Å². The first-order valence-electron chi connectivity index (χ1n) is 6.66. The van der Waals surface area contributed by atoms with Crippen LogP contribution in [0.2, 0.25) is 0 Å². The summed E-state index contributed by atoms with van der Waals surface area (Å²) >= 11 is 0. The summed E-state index contributed by atoms with van der Waals surface area (Å²) in [5.74, 6) is 0.878. The van der Waals surface area contributed by atoms with Gasteiger partial charge in [-0.25, -0.2) is 0 Å². The molecule has 2 rings (SSSR count). The van der Waals surface area contributed by atoms with Crippen LogP contribution in [0.3, 0.4) is 0 Å². The molecular formula is C16H20N2O2. The maximum absolute atomic E-state index is 11.6. The van der Waals surface area contributed by atoms with Crippen molar-refractivity contribution < 1.29 is 9.21 Å². The van der Waals surface area contributed by atoms with E-state index < -0.39 is 0 Å². The molecule has 0 aliphatic rings. The van der Waals surface area contributed by atoms with Crippen molar-refractivity contribution in [2.75, 3.05) is 14.1 Å². The molecule has 1 amide bonds. The van der Waals surface area contributed by atoms with Gasteiger partial charge in [0.15, 0.2) is 0 Å². The van der Waals surface area contributed by atoms with Crippen LogP contribution >= 0.6 is 0 Å². The lowest BCUT2D eigenvalue weighted by Crippen LogP contribution is -2.41. The van der Waals surface area contributed by atoms with Gasteiger partial charge in [0.05, 0.1) is 12.3 Å². The zero-order valence-corrected chi connectivity index (χ0v) is 12.1. The van der Waals surface area contributed by atoms with Gasteiger partial charge in [0.25, 0.3) is 0 Å². The van der Waals surface area contributed by atoms with E-state index in [1.807, 2.05) is 43.1 Å². The molecule has 0 saturated heterocycles. The highest BCUT2D eigenvalue weighted by atomic mass is 16.3. The molecule has 0 radical (unpaired) electrons. The number of carbonyl (C=O) groups is 1. The molecule has 1 heterocycles. The van der Waals surface area contributed by atoms with Crippen LogP contribution in [0.15, 0.2) is 47.1 Å². The number of rotatable bonds is 5. The van der Waals surface area contributed by atoms with E-state index in [-0.39, 0.29) is 11.9 Å². The second-order valence-electron chi connectivity index (χ2n) is 4.88. The molecule has 20 heavy (non-hydrogen) atoms. The Morgan fingerprint density at radius 3 is 2.80 bits per heavy atom. The van der Waals surface area contributed by atoms with E-state index in [4.69, 9.17) is 4.42 Å². The van der Waals surface area contributed by atoms with Crippen LogP contribution in [-0.4, -0.2) is 30.9 Å². The standard InChI is InChI=1S/C16H20N2O2/c1-12(16(19)17-2)18(3)11-13-6-4-7-14(10-13)15-8-5-9-20-15/h4-10,12H,11H2,1-3H3,(H,17,19)/t12-/m1/s1. The van der Waals surface area contributed by atoms with Crippen LogP contribution in [0.25, 0.3) is 11.3 Å². The summed E-state index contributed by atoms with van der Waals surface area (Å²) < 4.78 is 5.40. The van der Waals surface area contributed by atoms with Gasteiger partial charge in [-0.1, -0.05) is 18.2 Å². The molecular weight excluding hydrogens is 252 g/mol. The molecule has 0 aliphatic heterocycles. The third-order valence-corrected chi connectivity index (χ3v) is 3.45. The fraction of sp³-hybridized carbons (Fsp3) is 0.312. The molecule has 0 bridgehead atoms. The minimum atomic E-state index is -0.160. The maximum Gasteiger partial charge on any atom is 0.236 e. The molecule has 4 nitrogen and oxygen atoms in total. The quantitative estimate of drug-likeness (QED) is 0.909. The van der Waals surface area contributed by atoms with E-state index in [0.29, 0.717) is 6.54 Å². The Morgan fingerprint density at radius 1 is 1.35 bits per heavy atom. The molecule has 2 aromatic rings. The molecule has 106 valence electrons. The summed E-state index contributed by atoms with van der Waals surface area (Å²) in [6, 6.07) is 11.8. The predicted octanol–water partition coefficient (Wildman–Crippen LogP) is 2.51. The zero-order chi connectivity index (χ0) is 14.5. The lowest BCUT2D eigenvalue weighted by atomic mass is 10.1. The van der Waals surface area contributed by atoms with Crippen molar-refractivity contribution in [3.05, 3.63) is 48.2 Å². The Kier molecular flexibility index (Phi) is 4.58. The number of hydrogen-bond donors (Lipinski definition) is 1. The topological polar surface area (TPSA) is 45.5 Å². The summed E-state index contributed by atoms with van der Waals surface area (Å²) in [7, 11) is 3.60. The van der Waals surface area contributed by atoms with Gasteiger partial charge in [-0.2, -0.15) is 0 Å². The molecule has 0 aliphatic carbocycles. The monoisotopic (exact) mass is 272 g/mol. The SMILES string of the molecule is CNC(=O)[C@@H](C)N(C)Cc1cccc(-c2ccco2)c1. The zero-order valence-electron chi connectivity index (χ0n) is 12.1. The second kappa shape index (κ2) is 6.39. The number of nitrogens with zero attached hydrogens (tertiary/aromatic N) is 1. The van der Waals surface area contributed by atoms with Crippen LogP contribution in [0.1, 0.15) is 12.5 Å². The van der Waals surface area contributed by atoms with Gasteiger partial charge in [0, 0.05) is 19.2 Å². The number of carbonyl (C=O) groups excluding carboxylic acids is 1. The Bertz CT molecular complexity index is 564. The molecule has 4 heteroatoms. The summed E-state index contributed by atoms with van der Waals surface area (Å²) in [6.07, 6.45) is 1.67. The highest BCUT2D eigenvalue weighted by molar-refractivity contribution is 5.80. The Balaban J connectivity index is 2.10. The fourth-order valence-electron chi connectivity index (χ4n) is 2.10. The summed E-state index contributed by atoms with van der Waals surface area (Å²) in [5, 5.41) is 2.67. The molecule has 0 spiro atoms. The summed E-state index contributed by atoms with van der Waals surface area (Å²) in [5.41, 5.74) is 2.20. The van der Waals surface area contributed by atoms with Crippen molar-refractivity contribution in [1.82, 2.24) is 10.2 Å². The highest BCUT2D eigenvalue weighted by Gasteiger charge is 2.16. The lowest BCUT2D eigenvalue weighted by Gasteiger charge is -2.23. The third kappa shape index (κ3) is 3.27. The normalized spacial score (nSPS) is 12.4. The van der Waals surface area contributed by atoms with Crippen molar-refractivity contribution in [3.8, 4) is 11.3 Å². The van der Waals surface area contributed by atoms with E-state index in [2.05, 4.69) is 17.4 Å². The molecule has 0 unspecified atom stereocenters. The van der Waals surface area contributed by atoms with Gasteiger partial charge in [-0.15, -0.1) is 0 Å². The fourth-order valence-corrected chi connectivity index (χ4v) is 2.10. The number of nitrogens with one attached hydrogen (secondary N) is 1. The smallest absolute Gasteiger partial charge is 0.236 e. The first-order chi connectivity index (χ1) is 9.61. The van der Waals surface area contributed by atoms with E-state index in [1.165, 1.54) is 0 Å². The van der Waals surface area contributed by atoms with Crippen molar-refractivity contribution in [2.24, 2.45) is 0 Å². The Labute approximate surface area is 119 Å². The highest BCUT2D eigenvalue weighted by Crippen LogP contribution is 2.21. The molecule has 1 N–H and O–H groups in total. The minimum absolute atomic E-state index is 0.0229. The number of furan rings is 1. The van der Waals surface area contributed by atoms with Gasteiger partial charge >= 0.3 is 0 Å². The lowest BCUT2D eigenvalue weighted by molar-refractivity contribution is -0.125. The minimum Gasteiger partial charge on any atom is -0.464 e. The Morgan fingerprint density at radius 2 is 2.15 bits per heavy atom. The predicted molar refractivity (Wildman–Crippen MR) is 79.1 cm³/mol. The number of hydrogen-bond acceptors (Lipinski definition) is 3. The van der Waals surface area contributed by atoms with E-state index in [9.17, 15) is 4.79 Å². The average Bonchev–Trinajstić information content (AvgIpc) is 3.00. The second-order valence-corrected chi connectivity index (χ2v) is 4.88. The first kappa shape index (κ1) is 14.3. The Hall–Kier alpha value is -2.07. The van der Waals surface area contributed by atoms with Crippen LogP contribution in [0, 0.1) is 0 Å². The average molecular weight is 272 g/mol. The molecule has 1 atom stereocenters. The summed E-state index contributed by atoms with van der Waals surface area (Å²) in [6.45, 7) is 2.61. The van der Waals surface area contributed by atoms with Gasteiger partial charge in [0.1, 0.15) is 5.76 Å². The molecule has 1 aromatic heterocycles. The first-order valence-corrected chi connectivity index (χ1v) is 6.66. The van der Waals surface area contributed by atoms with Gasteiger partial charge in [-0.3, -0.25) is 9.69 Å². The molecule has 0 saturated carbocycles. The third-order valence-electron chi connectivity index (χ3n) is 3.45. The molecule has 1 aromatic carbocycles. The van der Waals surface area contributed by atoms with Crippen molar-refractivity contribution in [2.45, 2.75) is 19.5 Å². The van der Waals surface area contributed by atoms with Crippen LogP contribution in [0.5, 0.6) is 0 Å². The van der Waals surface area contributed by atoms with Crippen LogP contribution < -0.4 is 5.32 Å². The van der Waals surface area contributed by atoms with E-state index in [1.54, 1.807) is 13.3 Å². The largest absolute Gasteiger partial charge is 0.464 e. The van der Waals surface area contributed by atoms with Gasteiger partial charge in [0.2, 0.25) is 5.91 Å². The summed E-state index contributed by atoms with van der Waals surface area (Å²) in [4.78, 5) is 13.6.